The summed E-state index contributed by atoms with van der Waals surface area (Å²) in [5.41, 5.74) is 0. The average Bonchev–Trinajstić information content (AvgIpc) is 2.30. The second kappa shape index (κ2) is 7.98. The summed E-state index contributed by atoms with van der Waals surface area (Å²) >= 11 is 0. The SMILES string of the molecule is CC(=O)OC[C@H](OC(C)=O)[C@H](O)[C@@H](O)[C@H](O)CO. The van der Waals surface area contributed by atoms with Gasteiger partial charge in [-0.15, -0.1) is 0 Å². The minimum absolute atomic E-state index is 0.467. The van der Waals surface area contributed by atoms with Crippen molar-refractivity contribution in [3.63, 3.8) is 0 Å². The minimum atomic E-state index is -1.74. The molecule has 0 saturated carbocycles. The van der Waals surface area contributed by atoms with Gasteiger partial charge in [-0.05, 0) is 0 Å². The van der Waals surface area contributed by atoms with Crippen molar-refractivity contribution in [2.45, 2.75) is 38.3 Å². The Morgan fingerprint density at radius 3 is 2.00 bits per heavy atom. The summed E-state index contributed by atoms with van der Waals surface area (Å²) in [4.78, 5) is 21.4. The molecule has 0 amide bonds. The fraction of sp³-hybridized carbons (Fsp3) is 0.800. The Labute approximate surface area is 104 Å². The number of hydrogen-bond acceptors (Lipinski definition) is 8. The molecule has 0 aliphatic heterocycles. The number of carbonyl (C=O) groups excluding carboxylic acids is 2. The minimum Gasteiger partial charge on any atom is -0.462 e. The van der Waals surface area contributed by atoms with Crippen LogP contribution >= 0.6 is 0 Å². The van der Waals surface area contributed by atoms with Crippen LogP contribution in [0, 0.1) is 0 Å². The van der Waals surface area contributed by atoms with Crippen molar-refractivity contribution in [3.8, 4) is 0 Å². The van der Waals surface area contributed by atoms with Gasteiger partial charge in [0.1, 0.15) is 24.9 Å². The molecule has 0 aromatic carbocycles. The van der Waals surface area contributed by atoms with Gasteiger partial charge in [-0.25, -0.2) is 0 Å². The Morgan fingerprint density at radius 1 is 1.06 bits per heavy atom. The van der Waals surface area contributed by atoms with Crippen LogP contribution in [0.4, 0.5) is 0 Å². The molecule has 4 atom stereocenters. The lowest BCUT2D eigenvalue weighted by Gasteiger charge is -2.27. The Balaban J connectivity index is 4.61. The van der Waals surface area contributed by atoms with E-state index in [4.69, 9.17) is 10.2 Å². The second-order valence-electron chi connectivity index (χ2n) is 3.68. The molecule has 18 heavy (non-hydrogen) atoms. The molecule has 0 aliphatic rings. The van der Waals surface area contributed by atoms with Gasteiger partial charge in [-0.2, -0.15) is 0 Å². The monoisotopic (exact) mass is 266 g/mol. The van der Waals surface area contributed by atoms with Gasteiger partial charge in [0.2, 0.25) is 0 Å². The molecular weight excluding hydrogens is 248 g/mol. The Morgan fingerprint density at radius 2 is 1.61 bits per heavy atom. The normalized spacial score (nSPS) is 17.4. The van der Waals surface area contributed by atoms with Gasteiger partial charge in [0.15, 0.2) is 6.10 Å². The van der Waals surface area contributed by atoms with Gasteiger partial charge in [0, 0.05) is 13.8 Å². The van der Waals surface area contributed by atoms with Gasteiger partial charge >= 0.3 is 11.9 Å². The number of ether oxygens (including phenoxy) is 2. The third kappa shape index (κ3) is 5.92. The lowest BCUT2D eigenvalue weighted by atomic mass is 10.0. The number of aliphatic hydroxyl groups is 4. The zero-order chi connectivity index (χ0) is 14.3. The lowest BCUT2D eigenvalue weighted by molar-refractivity contribution is -0.175. The number of esters is 2. The van der Waals surface area contributed by atoms with Crippen molar-refractivity contribution in [2.24, 2.45) is 0 Å². The highest BCUT2D eigenvalue weighted by atomic mass is 16.6. The van der Waals surface area contributed by atoms with Crippen LogP contribution in [0.2, 0.25) is 0 Å². The first-order chi connectivity index (χ1) is 8.29. The summed E-state index contributed by atoms with van der Waals surface area (Å²) in [6.45, 7) is 0.947. The van der Waals surface area contributed by atoms with E-state index in [-0.39, 0.29) is 0 Å². The van der Waals surface area contributed by atoms with Crippen LogP contribution in [0.15, 0.2) is 0 Å². The molecule has 0 rings (SSSR count). The fourth-order valence-electron chi connectivity index (χ4n) is 1.17. The van der Waals surface area contributed by atoms with Gasteiger partial charge in [-0.3, -0.25) is 9.59 Å². The molecule has 8 nitrogen and oxygen atoms in total. The van der Waals surface area contributed by atoms with Gasteiger partial charge in [0.25, 0.3) is 0 Å². The highest BCUT2D eigenvalue weighted by molar-refractivity contribution is 5.67. The molecule has 0 unspecified atom stereocenters. The topological polar surface area (TPSA) is 134 Å². The zero-order valence-electron chi connectivity index (χ0n) is 10.1. The predicted molar refractivity (Wildman–Crippen MR) is 57.3 cm³/mol. The molecule has 4 N–H and O–H groups in total. The molecule has 0 aromatic rings. The van der Waals surface area contributed by atoms with Crippen LogP contribution < -0.4 is 0 Å². The molecule has 106 valence electrons. The third-order valence-electron chi connectivity index (χ3n) is 2.08. The third-order valence-corrected chi connectivity index (χ3v) is 2.08. The number of rotatable bonds is 7. The molecular formula is C10H18O8. The first-order valence-corrected chi connectivity index (χ1v) is 5.25. The summed E-state index contributed by atoms with van der Waals surface area (Å²) in [5.74, 6) is -1.41. The van der Waals surface area contributed by atoms with Crippen molar-refractivity contribution in [3.05, 3.63) is 0 Å². The second-order valence-corrected chi connectivity index (χ2v) is 3.68. The van der Waals surface area contributed by atoms with Crippen LogP contribution in [0.5, 0.6) is 0 Å². The van der Waals surface area contributed by atoms with Crippen LogP contribution in [-0.4, -0.2) is 70.0 Å². The van der Waals surface area contributed by atoms with Crippen molar-refractivity contribution in [1.82, 2.24) is 0 Å². The fourth-order valence-corrected chi connectivity index (χ4v) is 1.17. The first kappa shape index (κ1) is 16.8. The maximum Gasteiger partial charge on any atom is 0.303 e. The van der Waals surface area contributed by atoms with Gasteiger partial charge in [0.05, 0.1) is 6.61 Å². The van der Waals surface area contributed by atoms with E-state index in [1.807, 2.05) is 0 Å². The number of hydrogen-bond donors (Lipinski definition) is 4. The number of carbonyl (C=O) groups is 2. The largest absolute Gasteiger partial charge is 0.462 e. The lowest BCUT2D eigenvalue weighted by Crippen LogP contribution is -2.49. The molecule has 0 saturated heterocycles. The number of aliphatic hydroxyl groups excluding tert-OH is 4. The highest BCUT2D eigenvalue weighted by Crippen LogP contribution is 2.09. The quantitative estimate of drug-likeness (QED) is 0.373. The predicted octanol–water partition coefficient (Wildman–Crippen LogP) is -2.44. The molecule has 0 fully saturated rings. The van der Waals surface area contributed by atoms with E-state index < -0.39 is 49.6 Å². The summed E-state index contributed by atoms with van der Waals surface area (Å²) in [6, 6.07) is 0. The molecule has 0 aromatic heterocycles. The molecule has 0 aliphatic carbocycles. The van der Waals surface area contributed by atoms with Crippen LogP contribution in [0.1, 0.15) is 13.8 Å². The first-order valence-electron chi connectivity index (χ1n) is 5.25. The van der Waals surface area contributed by atoms with Crippen LogP contribution in [0.25, 0.3) is 0 Å². The Bertz CT molecular complexity index is 279. The Kier molecular flexibility index (Phi) is 7.44. The molecule has 0 spiro atoms. The van der Waals surface area contributed by atoms with E-state index in [1.54, 1.807) is 0 Å². The van der Waals surface area contributed by atoms with E-state index in [0.717, 1.165) is 13.8 Å². The molecule has 0 heterocycles. The van der Waals surface area contributed by atoms with Crippen LogP contribution in [0.3, 0.4) is 0 Å². The molecule has 8 heteroatoms. The molecule has 0 bridgehead atoms. The smallest absolute Gasteiger partial charge is 0.303 e. The zero-order valence-corrected chi connectivity index (χ0v) is 10.1. The Hall–Kier alpha value is -1.22. The summed E-state index contributed by atoms with van der Waals surface area (Å²) < 4.78 is 9.22. The highest BCUT2D eigenvalue weighted by Gasteiger charge is 2.33. The van der Waals surface area contributed by atoms with E-state index >= 15 is 0 Å². The maximum atomic E-state index is 10.8. The van der Waals surface area contributed by atoms with Crippen LogP contribution in [-0.2, 0) is 19.1 Å². The molecule has 0 radical (unpaired) electrons. The summed E-state index contributed by atoms with van der Waals surface area (Å²) in [7, 11) is 0. The van der Waals surface area contributed by atoms with E-state index in [1.165, 1.54) is 0 Å². The van der Waals surface area contributed by atoms with Crippen molar-refractivity contribution < 1.29 is 39.5 Å². The average molecular weight is 266 g/mol. The van der Waals surface area contributed by atoms with E-state index in [9.17, 15) is 19.8 Å². The maximum absolute atomic E-state index is 10.8. The van der Waals surface area contributed by atoms with Crippen molar-refractivity contribution >= 4 is 11.9 Å². The summed E-state index contributed by atoms with van der Waals surface area (Å²) in [6.07, 6.45) is -6.37. The van der Waals surface area contributed by atoms with E-state index in [2.05, 4.69) is 9.47 Å². The van der Waals surface area contributed by atoms with Gasteiger partial charge < -0.3 is 29.9 Å². The summed E-state index contributed by atoms with van der Waals surface area (Å²) in [5, 5.41) is 36.9. The van der Waals surface area contributed by atoms with Crippen molar-refractivity contribution in [2.75, 3.05) is 13.2 Å². The standard InChI is InChI=1S/C10H18O8/c1-5(12)17-4-8(18-6(2)13)10(16)9(15)7(14)3-11/h7-11,14-16H,3-4H2,1-2H3/t7-,8+,9+,10+/m1/s1. The van der Waals surface area contributed by atoms with E-state index in [0.29, 0.717) is 0 Å². The van der Waals surface area contributed by atoms with Gasteiger partial charge in [-0.1, -0.05) is 0 Å². The van der Waals surface area contributed by atoms with Crippen molar-refractivity contribution in [1.29, 1.82) is 0 Å².